The zero-order valence-electron chi connectivity index (χ0n) is 32.2. The van der Waals surface area contributed by atoms with E-state index >= 15 is 0 Å². The summed E-state index contributed by atoms with van der Waals surface area (Å²) in [5.41, 5.74) is 1.40. The molecule has 2 aromatic rings. The van der Waals surface area contributed by atoms with Gasteiger partial charge in [0.05, 0.1) is 18.5 Å². The Morgan fingerprint density at radius 1 is 0.648 bits per heavy atom. The molecule has 0 radical (unpaired) electrons. The Morgan fingerprint density at radius 2 is 1.15 bits per heavy atom. The van der Waals surface area contributed by atoms with Crippen LogP contribution in [0.5, 0.6) is 11.5 Å². The van der Waals surface area contributed by atoms with Gasteiger partial charge < -0.3 is 41.9 Å². The molecule has 14 nitrogen and oxygen atoms in total. The van der Waals surface area contributed by atoms with Gasteiger partial charge in [-0.15, -0.1) is 0 Å². The predicted octanol–water partition coefficient (Wildman–Crippen LogP) is 3.06. The smallest absolute Gasteiger partial charge is 0.303 e. The molecule has 0 fully saturated rings. The molecule has 296 valence electrons. The van der Waals surface area contributed by atoms with E-state index in [0.29, 0.717) is 5.56 Å². The molecule has 4 amide bonds. The summed E-state index contributed by atoms with van der Waals surface area (Å²) in [5, 5.41) is 42.3. The van der Waals surface area contributed by atoms with E-state index in [1.807, 2.05) is 27.7 Å². The summed E-state index contributed by atoms with van der Waals surface area (Å²) < 4.78 is 0. The second-order valence-electron chi connectivity index (χ2n) is 14.6. The quantitative estimate of drug-likeness (QED) is 0.0878. The standard InChI is InChI=1S/C40H57N5O9/c1-23(2)20-32(42-34(48)18-19-35(49)50)38(52)44-33(21-24(3)4)39(53)45-36(25(5)6)40(54)43-31(22-27-10-15-29(47)16-11-27)37(51)30(41-7)17-12-26-8-13-28(46)14-9-26/h8-17,23-25,30-33,36,41,46-47H,18-22H2,1-7H3,(H,42,48)(H,43,54)(H,44,52)(H,45,53)(H,49,50)/b17-12+/t30?,31-,32-,33-,36-/m0/s1. The van der Waals surface area contributed by atoms with Crippen molar-refractivity contribution >= 4 is 41.5 Å². The number of amides is 4. The molecule has 0 aliphatic heterocycles. The molecule has 2 rings (SSSR count). The van der Waals surface area contributed by atoms with Gasteiger partial charge in [0.1, 0.15) is 29.6 Å². The molecular weight excluding hydrogens is 694 g/mol. The zero-order chi connectivity index (χ0) is 40.5. The van der Waals surface area contributed by atoms with E-state index in [1.54, 1.807) is 57.3 Å². The minimum Gasteiger partial charge on any atom is -0.508 e. The molecule has 14 heteroatoms. The van der Waals surface area contributed by atoms with Crippen LogP contribution in [0, 0.1) is 17.8 Å². The number of rotatable bonds is 22. The van der Waals surface area contributed by atoms with Gasteiger partial charge in [0.25, 0.3) is 0 Å². The number of phenols is 2. The Balaban J connectivity index is 2.33. The number of aromatic hydroxyl groups is 2. The topological polar surface area (TPSA) is 223 Å². The largest absolute Gasteiger partial charge is 0.508 e. The molecule has 2 aromatic carbocycles. The Kier molecular flexibility index (Phi) is 18.4. The summed E-state index contributed by atoms with van der Waals surface area (Å²) in [4.78, 5) is 78.7. The van der Waals surface area contributed by atoms with Crippen molar-refractivity contribution in [1.29, 1.82) is 0 Å². The van der Waals surface area contributed by atoms with Crippen molar-refractivity contribution in [2.75, 3.05) is 7.05 Å². The van der Waals surface area contributed by atoms with Crippen LogP contribution in [0.4, 0.5) is 0 Å². The van der Waals surface area contributed by atoms with Crippen LogP contribution in [0.1, 0.15) is 78.4 Å². The highest BCUT2D eigenvalue weighted by Gasteiger charge is 2.34. The number of carbonyl (C=O) groups is 6. The highest BCUT2D eigenvalue weighted by atomic mass is 16.4. The summed E-state index contributed by atoms with van der Waals surface area (Å²) in [6, 6.07) is 7.56. The summed E-state index contributed by atoms with van der Waals surface area (Å²) in [6.45, 7) is 10.9. The number of phenolic OH excluding ortho intramolecular Hbond substituents is 2. The first kappa shape index (κ1) is 44.9. The van der Waals surface area contributed by atoms with E-state index in [9.17, 15) is 39.0 Å². The molecule has 1 unspecified atom stereocenters. The highest BCUT2D eigenvalue weighted by molar-refractivity contribution is 5.98. The lowest BCUT2D eigenvalue weighted by atomic mass is 9.95. The SMILES string of the molecule is CNC(/C=C/c1ccc(O)cc1)C(=O)[C@H](Cc1ccc(O)cc1)NC(=O)[C@@H](NC(=O)[C@H](CC(C)C)NC(=O)[C@H](CC(C)C)NC(=O)CCC(=O)O)C(C)C. The summed E-state index contributed by atoms with van der Waals surface area (Å²) in [7, 11) is 1.61. The third-order valence-corrected chi connectivity index (χ3v) is 8.54. The van der Waals surface area contributed by atoms with Crippen LogP contribution in [-0.2, 0) is 35.2 Å². The van der Waals surface area contributed by atoms with Crippen LogP contribution in [0.2, 0.25) is 0 Å². The van der Waals surface area contributed by atoms with Gasteiger partial charge in [0.2, 0.25) is 23.6 Å². The van der Waals surface area contributed by atoms with Gasteiger partial charge in [-0.05, 0) is 79.5 Å². The molecule has 54 heavy (non-hydrogen) atoms. The lowest BCUT2D eigenvalue weighted by molar-refractivity contribution is -0.139. The van der Waals surface area contributed by atoms with Crippen LogP contribution in [-0.4, -0.2) is 88.0 Å². The van der Waals surface area contributed by atoms with Crippen LogP contribution in [0.3, 0.4) is 0 Å². The van der Waals surface area contributed by atoms with E-state index in [2.05, 4.69) is 26.6 Å². The van der Waals surface area contributed by atoms with Gasteiger partial charge in [-0.1, -0.05) is 78.0 Å². The van der Waals surface area contributed by atoms with Crippen molar-refractivity contribution in [3.05, 3.63) is 65.7 Å². The first-order valence-corrected chi connectivity index (χ1v) is 18.3. The van der Waals surface area contributed by atoms with E-state index in [4.69, 9.17) is 5.11 Å². The maximum Gasteiger partial charge on any atom is 0.303 e. The average Bonchev–Trinajstić information content (AvgIpc) is 3.09. The molecule has 0 bridgehead atoms. The molecule has 0 aromatic heterocycles. The number of hydrogen-bond donors (Lipinski definition) is 8. The molecular formula is C40H57N5O9. The number of nitrogens with one attached hydrogen (secondary N) is 5. The fourth-order valence-corrected chi connectivity index (χ4v) is 5.65. The van der Waals surface area contributed by atoms with Crippen molar-refractivity contribution in [3.63, 3.8) is 0 Å². The average molecular weight is 752 g/mol. The Morgan fingerprint density at radius 3 is 1.65 bits per heavy atom. The number of carboxylic acid groups (broad SMARTS) is 1. The number of carboxylic acids is 1. The third kappa shape index (κ3) is 15.8. The molecule has 0 aliphatic rings. The lowest BCUT2D eigenvalue weighted by Gasteiger charge is -2.29. The van der Waals surface area contributed by atoms with Crippen molar-refractivity contribution < 1.29 is 44.1 Å². The lowest BCUT2D eigenvalue weighted by Crippen LogP contribution is -2.60. The van der Waals surface area contributed by atoms with Crippen LogP contribution in [0.25, 0.3) is 6.08 Å². The van der Waals surface area contributed by atoms with Crippen LogP contribution < -0.4 is 26.6 Å². The van der Waals surface area contributed by atoms with Gasteiger partial charge >= 0.3 is 5.97 Å². The summed E-state index contributed by atoms with van der Waals surface area (Å²) in [6.07, 6.45) is 3.19. The Hall–Kier alpha value is -5.24. The second-order valence-corrected chi connectivity index (χ2v) is 14.6. The van der Waals surface area contributed by atoms with E-state index in [1.165, 1.54) is 24.3 Å². The van der Waals surface area contributed by atoms with E-state index in [0.717, 1.165) is 5.56 Å². The molecule has 0 aliphatic carbocycles. The normalized spacial score (nSPS) is 14.3. The number of carbonyl (C=O) groups excluding carboxylic acids is 5. The number of benzene rings is 2. The summed E-state index contributed by atoms with van der Waals surface area (Å²) >= 11 is 0. The highest BCUT2D eigenvalue weighted by Crippen LogP contribution is 2.16. The number of ketones is 1. The third-order valence-electron chi connectivity index (χ3n) is 8.54. The van der Waals surface area contributed by atoms with Crippen molar-refractivity contribution in [3.8, 4) is 11.5 Å². The van der Waals surface area contributed by atoms with Gasteiger partial charge in [0.15, 0.2) is 5.78 Å². The predicted molar refractivity (Wildman–Crippen MR) is 205 cm³/mol. The Labute approximate surface area is 317 Å². The number of aliphatic carboxylic acids is 1. The van der Waals surface area contributed by atoms with Gasteiger partial charge in [-0.3, -0.25) is 28.8 Å². The second kappa shape index (κ2) is 22.1. The Bertz CT molecular complexity index is 1590. The van der Waals surface area contributed by atoms with Gasteiger partial charge in [0, 0.05) is 6.42 Å². The number of Topliss-reactive ketones (excluding diaryl/α,β-unsaturated/α-hetero) is 1. The molecule has 5 atom stereocenters. The van der Waals surface area contributed by atoms with Crippen molar-refractivity contribution in [2.45, 2.75) is 104 Å². The fraction of sp³-hybridized carbons (Fsp3) is 0.500. The number of likely N-dealkylation sites (N-methyl/N-ethyl adjacent to an activating group) is 1. The summed E-state index contributed by atoms with van der Waals surface area (Å²) in [5.74, 6) is -4.35. The molecule has 0 spiro atoms. The van der Waals surface area contributed by atoms with Gasteiger partial charge in [-0.2, -0.15) is 0 Å². The minimum absolute atomic E-state index is 0.0186. The van der Waals surface area contributed by atoms with E-state index < -0.39 is 72.1 Å². The van der Waals surface area contributed by atoms with Gasteiger partial charge in [-0.25, -0.2) is 0 Å². The first-order valence-electron chi connectivity index (χ1n) is 18.3. The van der Waals surface area contributed by atoms with Crippen LogP contribution in [0.15, 0.2) is 54.6 Å². The van der Waals surface area contributed by atoms with Crippen molar-refractivity contribution in [2.24, 2.45) is 17.8 Å². The molecule has 8 N–H and O–H groups in total. The molecule has 0 saturated heterocycles. The zero-order valence-corrected chi connectivity index (χ0v) is 32.2. The van der Waals surface area contributed by atoms with Crippen LogP contribution >= 0.6 is 0 Å². The molecule has 0 saturated carbocycles. The maximum absolute atomic E-state index is 14.0. The van der Waals surface area contributed by atoms with E-state index in [-0.39, 0.29) is 54.8 Å². The van der Waals surface area contributed by atoms with Crippen molar-refractivity contribution in [1.82, 2.24) is 26.6 Å². The fourth-order valence-electron chi connectivity index (χ4n) is 5.65. The first-order chi connectivity index (χ1) is 25.4. The maximum atomic E-state index is 14.0. The number of hydrogen-bond acceptors (Lipinski definition) is 9. The minimum atomic E-state index is -1.15. The molecule has 0 heterocycles. The monoisotopic (exact) mass is 751 g/mol.